The SMILES string of the molecule is Fc1cc(F)cc(Cc2c[nH]c3ncccc23)c1. The highest BCUT2D eigenvalue weighted by atomic mass is 19.1. The van der Waals surface area contributed by atoms with E-state index in [1.165, 1.54) is 12.1 Å². The Bertz CT molecular complexity index is 684. The molecule has 0 amide bonds. The fraction of sp³-hybridized carbons (Fsp3) is 0.0714. The number of nitrogens with zero attached hydrogens (tertiary/aromatic N) is 1. The van der Waals surface area contributed by atoms with Crippen LogP contribution >= 0.6 is 0 Å². The van der Waals surface area contributed by atoms with Gasteiger partial charge in [0.15, 0.2) is 0 Å². The number of pyridine rings is 1. The number of nitrogens with one attached hydrogen (secondary N) is 1. The Morgan fingerprint density at radius 2 is 1.89 bits per heavy atom. The Morgan fingerprint density at radius 3 is 2.67 bits per heavy atom. The molecule has 3 aromatic rings. The molecule has 0 atom stereocenters. The first-order valence-corrected chi connectivity index (χ1v) is 5.58. The summed E-state index contributed by atoms with van der Waals surface area (Å²) in [4.78, 5) is 7.21. The summed E-state index contributed by atoms with van der Waals surface area (Å²) >= 11 is 0. The van der Waals surface area contributed by atoms with E-state index in [0.717, 1.165) is 22.7 Å². The van der Waals surface area contributed by atoms with Crippen molar-refractivity contribution >= 4 is 11.0 Å². The van der Waals surface area contributed by atoms with Gasteiger partial charge in [-0.2, -0.15) is 0 Å². The smallest absolute Gasteiger partial charge is 0.137 e. The predicted octanol–water partition coefficient (Wildman–Crippen LogP) is 3.43. The minimum absolute atomic E-state index is 0.473. The molecule has 90 valence electrons. The van der Waals surface area contributed by atoms with Crippen LogP contribution in [0.1, 0.15) is 11.1 Å². The topological polar surface area (TPSA) is 28.7 Å². The van der Waals surface area contributed by atoms with Crippen molar-refractivity contribution in [3.8, 4) is 0 Å². The van der Waals surface area contributed by atoms with Crippen molar-refractivity contribution in [3.05, 3.63) is 65.5 Å². The molecule has 2 aromatic heterocycles. The third kappa shape index (κ3) is 1.97. The van der Waals surface area contributed by atoms with Crippen LogP contribution in [0, 0.1) is 11.6 Å². The molecule has 1 N–H and O–H groups in total. The minimum atomic E-state index is -0.553. The number of halogens is 2. The molecule has 0 fully saturated rings. The van der Waals surface area contributed by atoms with Gasteiger partial charge >= 0.3 is 0 Å². The van der Waals surface area contributed by atoms with Crippen LogP contribution in [0.5, 0.6) is 0 Å². The van der Waals surface area contributed by atoms with E-state index in [1.54, 1.807) is 6.20 Å². The van der Waals surface area contributed by atoms with Crippen molar-refractivity contribution in [3.63, 3.8) is 0 Å². The van der Waals surface area contributed by atoms with E-state index in [4.69, 9.17) is 0 Å². The summed E-state index contributed by atoms with van der Waals surface area (Å²) in [7, 11) is 0. The Morgan fingerprint density at radius 1 is 1.11 bits per heavy atom. The average Bonchev–Trinajstić information content (AvgIpc) is 2.72. The largest absolute Gasteiger partial charge is 0.346 e. The number of fused-ring (bicyclic) bond motifs is 1. The second kappa shape index (κ2) is 4.22. The standard InChI is InChI=1S/C14H10F2N2/c15-11-5-9(6-12(16)7-11)4-10-8-18-14-13(10)2-1-3-17-14/h1-3,5-8H,4H2,(H,17,18). The van der Waals surface area contributed by atoms with Crippen LogP contribution in [-0.4, -0.2) is 9.97 Å². The van der Waals surface area contributed by atoms with Gasteiger partial charge in [0.1, 0.15) is 17.3 Å². The van der Waals surface area contributed by atoms with Crippen LogP contribution in [0.25, 0.3) is 11.0 Å². The van der Waals surface area contributed by atoms with Gasteiger partial charge in [-0.15, -0.1) is 0 Å². The highest BCUT2D eigenvalue weighted by Gasteiger charge is 2.07. The van der Waals surface area contributed by atoms with Crippen LogP contribution in [0.3, 0.4) is 0 Å². The second-order valence-corrected chi connectivity index (χ2v) is 4.17. The van der Waals surface area contributed by atoms with E-state index >= 15 is 0 Å². The predicted molar refractivity (Wildman–Crippen MR) is 65.3 cm³/mol. The first kappa shape index (κ1) is 10.9. The number of hydrogen-bond acceptors (Lipinski definition) is 1. The molecule has 0 saturated heterocycles. The van der Waals surface area contributed by atoms with Gasteiger partial charge in [-0.1, -0.05) is 0 Å². The zero-order valence-electron chi connectivity index (χ0n) is 9.45. The fourth-order valence-electron chi connectivity index (χ4n) is 2.09. The van der Waals surface area contributed by atoms with Gasteiger partial charge in [-0.05, 0) is 41.8 Å². The average molecular weight is 244 g/mol. The van der Waals surface area contributed by atoms with Crippen LogP contribution < -0.4 is 0 Å². The van der Waals surface area contributed by atoms with E-state index in [-0.39, 0.29) is 0 Å². The van der Waals surface area contributed by atoms with E-state index in [2.05, 4.69) is 9.97 Å². The molecular weight excluding hydrogens is 234 g/mol. The first-order chi connectivity index (χ1) is 8.72. The van der Waals surface area contributed by atoms with Crippen LogP contribution in [0.4, 0.5) is 8.78 Å². The maximum atomic E-state index is 13.1. The number of rotatable bonds is 2. The molecule has 0 radical (unpaired) electrons. The molecule has 2 nitrogen and oxygen atoms in total. The molecule has 0 aliphatic rings. The highest BCUT2D eigenvalue weighted by molar-refractivity contribution is 5.79. The Hall–Kier alpha value is -2.23. The van der Waals surface area contributed by atoms with Gasteiger partial charge in [-0.25, -0.2) is 13.8 Å². The second-order valence-electron chi connectivity index (χ2n) is 4.17. The quantitative estimate of drug-likeness (QED) is 0.735. The molecule has 18 heavy (non-hydrogen) atoms. The van der Waals surface area contributed by atoms with Gasteiger partial charge in [0.25, 0.3) is 0 Å². The number of H-pyrrole nitrogens is 1. The van der Waals surface area contributed by atoms with Gasteiger partial charge < -0.3 is 4.98 Å². The van der Waals surface area contributed by atoms with Crippen molar-refractivity contribution in [1.82, 2.24) is 9.97 Å². The molecule has 0 aliphatic heterocycles. The number of benzene rings is 1. The lowest BCUT2D eigenvalue weighted by Crippen LogP contribution is -1.90. The van der Waals surface area contributed by atoms with Gasteiger partial charge in [0, 0.05) is 23.8 Å². The Labute approximate surface area is 102 Å². The molecule has 1 aromatic carbocycles. The lowest BCUT2D eigenvalue weighted by molar-refractivity contribution is 0.580. The zero-order valence-corrected chi connectivity index (χ0v) is 9.45. The molecule has 2 heterocycles. The maximum Gasteiger partial charge on any atom is 0.137 e. The summed E-state index contributed by atoms with van der Waals surface area (Å²) in [5.41, 5.74) is 2.37. The van der Waals surface area contributed by atoms with Crippen molar-refractivity contribution < 1.29 is 8.78 Å². The molecule has 0 spiro atoms. The molecule has 0 unspecified atom stereocenters. The summed E-state index contributed by atoms with van der Waals surface area (Å²) in [5.74, 6) is -1.11. The Balaban J connectivity index is 2.01. The summed E-state index contributed by atoms with van der Waals surface area (Å²) in [5, 5.41) is 0.974. The van der Waals surface area contributed by atoms with Crippen molar-refractivity contribution in [2.75, 3.05) is 0 Å². The first-order valence-electron chi connectivity index (χ1n) is 5.58. The van der Waals surface area contributed by atoms with Crippen molar-refractivity contribution in [1.29, 1.82) is 0 Å². The summed E-state index contributed by atoms with van der Waals surface area (Å²) < 4.78 is 26.2. The van der Waals surface area contributed by atoms with Crippen molar-refractivity contribution in [2.24, 2.45) is 0 Å². The minimum Gasteiger partial charge on any atom is -0.346 e. The van der Waals surface area contributed by atoms with Gasteiger partial charge in [0.05, 0.1) is 0 Å². The van der Waals surface area contributed by atoms with E-state index in [0.29, 0.717) is 12.0 Å². The number of hydrogen-bond donors (Lipinski definition) is 1. The third-order valence-electron chi connectivity index (χ3n) is 2.85. The molecule has 4 heteroatoms. The molecule has 0 aliphatic carbocycles. The fourth-order valence-corrected chi connectivity index (χ4v) is 2.09. The highest BCUT2D eigenvalue weighted by Crippen LogP contribution is 2.20. The third-order valence-corrected chi connectivity index (χ3v) is 2.85. The van der Waals surface area contributed by atoms with Gasteiger partial charge in [0.2, 0.25) is 0 Å². The number of aromatic nitrogens is 2. The summed E-state index contributed by atoms with van der Waals surface area (Å²) in [6.45, 7) is 0. The lowest BCUT2D eigenvalue weighted by Gasteiger charge is -2.01. The van der Waals surface area contributed by atoms with E-state index in [9.17, 15) is 8.78 Å². The van der Waals surface area contributed by atoms with Gasteiger partial charge in [-0.3, -0.25) is 0 Å². The molecular formula is C14H10F2N2. The molecule has 0 saturated carbocycles. The normalized spacial score (nSPS) is 11.0. The monoisotopic (exact) mass is 244 g/mol. The van der Waals surface area contributed by atoms with E-state index < -0.39 is 11.6 Å². The van der Waals surface area contributed by atoms with Crippen LogP contribution in [0.2, 0.25) is 0 Å². The zero-order chi connectivity index (χ0) is 12.5. The van der Waals surface area contributed by atoms with Crippen LogP contribution in [0.15, 0.2) is 42.7 Å². The van der Waals surface area contributed by atoms with Crippen molar-refractivity contribution in [2.45, 2.75) is 6.42 Å². The van der Waals surface area contributed by atoms with Crippen LogP contribution in [-0.2, 0) is 6.42 Å². The molecule has 0 bridgehead atoms. The lowest BCUT2D eigenvalue weighted by atomic mass is 10.1. The maximum absolute atomic E-state index is 13.1. The summed E-state index contributed by atoms with van der Waals surface area (Å²) in [6, 6.07) is 7.34. The molecule has 3 rings (SSSR count). The van der Waals surface area contributed by atoms with E-state index in [1.807, 2.05) is 18.3 Å². The number of aromatic amines is 1. The Kier molecular flexibility index (Phi) is 2.55. The summed E-state index contributed by atoms with van der Waals surface area (Å²) in [6.07, 6.45) is 3.99.